The van der Waals surface area contributed by atoms with Crippen molar-refractivity contribution < 1.29 is 0 Å². The molecule has 5 nitrogen and oxygen atoms in total. The zero-order valence-electron chi connectivity index (χ0n) is 13.7. The number of hydrogen-bond acceptors (Lipinski definition) is 4. The van der Waals surface area contributed by atoms with Crippen LogP contribution >= 0.6 is 15.9 Å². The molecule has 2 aromatic heterocycles. The quantitative estimate of drug-likeness (QED) is 0.802. The van der Waals surface area contributed by atoms with Crippen molar-refractivity contribution in [3.63, 3.8) is 0 Å². The van der Waals surface area contributed by atoms with Crippen LogP contribution in [0.3, 0.4) is 0 Å². The molecule has 0 spiro atoms. The lowest BCUT2D eigenvalue weighted by Gasteiger charge is -2.56. The summed E-state index contributed by atoms with van der Waals surface area (Å²) in [6.45, 7) is 3.97. The summed E-state index contributed by atoms with van der Waals surface area (Å²) in [7, 11) is 1.79. The summed E-state index contributed by atoms with van der Waals surface area (Å²) in [4.78, 5) is 21.3. The summed E-state index contributed by atoms with van der Waals surface area (Å²) in [5.41, 5.74) is 2.31. The molecule has 0 saturated carbocycles. The zero-order valence-corrected chi connectivity index (χ0v) is 15.3. The van der Waals surface area contributed by atoms with Crippen molar-refractivity contribution in [1.29, 1.82) is 0 Å². The number of fused-ring (bicyclic) bond motifs is 2. The smallest absolute Gasteiger partial charge is 0.250 e. The van der Waals surface area contributed by atoms with Crippen molar-refractivity contribution in [1.82, 2.24) is 19.4 Å². The first-order valence-electron chi connectivity index (χ1n) is 8.32. The Morgan fingerprint density at radius 2 is 2.00 bits per heavy atom. The average molecular weight is 389 g/mol. The molecule has 0 aromatic carbocycles. The summed E-state index contributed by atoms with van der Waals surface area (Å²) >= 11 is 3.43. The Morgan fingerprint density at radius 1 is 1.21 bits per heavy atom. The van der Waals surface area contributed by atoms with E-state index in [0.717, 1.165) is 41.9 Å². The van der Waals surface area contributed by atoms with Crippen LogP contribution in [-0.2, 0) is 20.1 Å². The van der Waals surface area contributed by atoms with Gasteiger partial charge in [-0.3, -0.25) is 19.6 Å². The minimum Gasteiger partial charge on any atom is -0.319 e. The number of halogens is 1. The lowest BCUT2D eigenvalue weighted by atomic mass is 9.86. The fourth-order valence-corrected chi connectivity index (χ4v) is 4.02. The van der Waals surface area contributed by atoms with Crippen molar-refractivity contribution in [2.24, 2.45) is 7.05 Å². The van der Waals surface area contributed by atoms with Gasteiger partial charge in [-0.25, -0.2) is 0 Å². The van der Waals surface area contributed by atoms with E-state index in [9.17, 15) is 4.79 Å². The molecule has 5 heterocycles. The minimum absolute atomic E-state index is 0.0705. The first-order chi connectivity index (χ1) is 11.6. The van der Waals surface area contributed by atoms with Gasteiger partial charge in [0.05, 0.1) is 5.69 Å². The predicted molar refractivity (Wildman–Crippen MR) is 96.6 cm³/mol. The van der Waals surface area contributed by atoms with Gasteiger partial charge in [0.1, 0.15) is 0 Å². The van der Waals surface area contributed by atoms with E-state index in [0.29, 0.717) is 12.1 Å². The van der Waals surface area contributed by atoms with Gasteiger partial charge < -0.3 is 4.57 Å². The Hall–Kier alpha value is -1.50. The highest BCUT2D eigenvalue weighted by Crippen LogP contribution is 2.34. The SMILES string of the molecule is Cn1ccc(CN2C3CC2CN(Cc2ccc(Br)cn2)C3)cc1=O. The molecule has 6 heteroatoms. The summed E-state index contributed by atoms with van der Waals surface area (Å²) < 4.78 is 2.64. The Labute approximate surface area is 150 Å². The third-order valence-corrected chi connectivity index (χ3v) is 5.60. The van der Waals surface area contributed by atoms with E-state index < -0.39 is 0 Å². The summed E-state index contributed by atoms with van der Waals surface area (Å²) in [5.74, 6) is 0. The minimum atomic E-state index is 0.0705. The van der Waals surface area contributed by atoms with Crippen molar-refractivity contribution >= 4 is 15.9 Å². The largest absolute Gasteiger partial charge is 0.319 e. The summed E-state index contributed by atoms with van der Waals surface area (Å²) in [5, 5.41) is 0. The maximum Gasteiger partial charge on any atom is 0.250 e. The van der Waals surface area contributed by atoms with Gasteiger partial charge in [0, 0.05) is 68.2 Å². The molecule has 2 aromatic rings. The van der Waals surface area contributed by atoms with Gasteiger partial charge in [0.15, 0.2) is 0 Å². The van der Waals surface area contributed by atoms with Crippen LogP contribution in [0.25, 0.3) is 0 Å². The standard InChI is InChI=1S/C18H21BrN4O/c1-21-5-4-13(6-18(21)24)9-23-16-7-17(23)12-22(11-16)10-15-3-2-14(19)8-20-15/h2-6,8,16-17H,7,9-12H2,1H3. The van der Waals surface area contributed by atoms with Gasteiger partial charge >= 0.3 is 0 Å². The molecule has 24 heavy (non-hydrogen) atoms. The number of aromatic nitrogens is 2. The van der Waals surface area contributed by atoms with Crippen LogP contribution in [-0.4, -0.2) is 44.5 Å². The van der Waals surface area contributed by atoms with Gasteiger partial charge in [-0.05, 0) is 46.1 Å². The summed E-state index contributed by atoms with van der Waals surface area (Å²) in [6.07, 6.45) is 5.00. The van der Waals surface area contributed by atoms with Crippen LogP contribution < -0.4 is 5.56 Å². The molecular formula is C18H21BrN4O. The molecule has 2 unspecified atom stereocenters. The van der Waals surface area contributed by atoms with Crippen LogP contribution in [0.5, 0.6) is 0 Å². The first-order valence-corrected chi connectivity index (χ1v) is 9.12. The highest BCUT2D eigenvalue weighted by molar-refractivity contribution is 9.10. The van der Waals surface area contributed by atoms with Crippen LogP contribution in [0.15, 0.2) is 45.9 Å². The molecule has 3 fully saturated rings. The molecular weight excluding hydrogens is 368 g/mol. The highest BCUT2D eigenvalue weighted by atomic mass is 79.9. The molecule has 2 bridgehead atoms. The van der Waals surface area contributed by atoms with Gasteiger partial charge in [-0.2, -0.15) is 0 Å². The Balaban J connectivity index is 1.37. The molecule has 126 valence electrons. The lowest BCUT2D eigenvalue weighted by molar-refractivity contribution is -0.0777. The topological polar surface area (TPSA) is 41.4 Å². The average Bonchev–Trinajstić information content (AvgIpc) is 2.58. The fraction of sp³-hybridized carbons (Fsp3) is 0.444. The molecule has 0 N–H and O–H groups in total. The third kappa shape index (κ3) is 3.18. The van der Waals surface area contributed by atoms with Gasteiger partial charge in [-0.15, -0.1) is 0 Å². The second kappa shape index (κ2) is 6.43. The predicted octanol–water partition coefficient (Wildman–Crippen LogP) is 2.00. The Kier molecular flexibility index (Phi) is 4.28. The lowest BCUT2D eigenvalue weighted by Crippen LogP contribution is -2.67. The number of pyridine rings is 2. The normalized spacial score (nSPS) is 23.9. The van der Waals surface area contributed by atoms with Gasteiger partial charge in [-0.1, -0.05) is 0 Å². The van der Waals surface area contributed by atoms with Gasteiger partial charge in [0.25, 0.3) is 5.56 Å². The van der Waals surface area contributed by atoms with E-state index in [4.69, 9.17) is 0 Å². The molecule has 3 saturated heterocycles. The van der Waals surface area contributed by atoms with E-state index in [1.807, 2.05) is 12.4 Å². The van der Waals surface area contributed by atoms with Crippen LogP contribution in [0.1, 0.15) is 17.7 Å². The zero-order chi connectivity index (χ0) is 16.7. The number of hydrogen-bond donors (Lipinski definition) is 0. The molecule has 0 amide bonds. The van der Waals surface area contributed by atoms with E-state index in [2.05, 4.69) is 48.9 Å². The Morgan fingerprint density at radius 3 is 2.67 bits per heavy atom. The Bertz CT molecular complexity index is 776. The first kappa shape index (κ1) is 16.0. The monoisotopic (exact) mass is 388 g/mol. The summed E-state index contributed by atoms with van der Waals surface area (Å²) in [6, 6.07) is 9.15. The third-order valence-electron chi connectivity index (χ3n) is 5.13. The second-order valence-corrected chi connectivity index (χ2v) is 7.78. The highest BCUT2D eigenvalue weighted by Gasteiger charge is 2.44. The van der Waals surface area contributed by atoms with Crippen LogP contribution in [0.4, 0.5) is 0 Å². The fourth-order valence-electron chi connectivity index (χ4n) is 3.79. The van der Waals surface area contributed by atoms with Crippen molar-refractivity contribution in [2.75, 3.05) is 13.1 Å². The number of piperidine rings is 1. The molecule has 3 aliphatic heterocycles. The molecule has 0 radical (unpaired) electrons. The van der Waals surface area contributed by atoms with E-state index in [1.54, 1.807) is 17.7 Å². The van der Waals surface area contributed by atoms with Crippen LogP contribution in [0, 0.1) is 0 Å². The second-order valence-electron chi connectivity index (χ2n) is 6.86. The maximum atomic E-state index is 11.8. The van der Waals surface area contributed by atoms with Crippen LogP contribution in [0.2, 0.25) is 0 Å². The van der Waals surface area contributed by atoms with Gasteiger partial charge in [0.2, 0.25) is 0 Å². The number of rotatable bonds is 4. The van der Waals surface area contributed by atoms with E-state index in [-0.39, 0.29) is 5.56 Å². The molecule has 5 rings (SSSR count). The number of nitrogens with zero attached hydrogens (tertiary/aromatic N) is 4. The number of aryl methyl sites for hydroxylation is 1. The van der Waals surface area contributed by atoms with Crippen molar-refractivity contribution in [3.05, 3.63) is 62.7 Å². The van der Waals surface area contributed by atoms with E-state index in [1.165, 1.54) is 6.42 Å². The molecule has 0 aliphatic carbocycles. The maximum absolute atomic E-state index is 11.8. The molecule has 2 atom stereocenters. The molecule has 3 aliphatic rings. The van der Waals surface area contributed by atoms with E-state index >= 15 is 0 Å². The number of piperazine rings is 1. The van der Waals surface area contributed by atoms with Crippen molar-refractivity contribution in [3.8, 4) is 0 Å². The van der Waals surface area contributed by atoms with Crippen molar-refractivity contribution in [2.45, 2.75) is 31.6 Å².